The molecule has 0 saturated carbocycles. The number of fused-ring (bicyclic) bond motifs is 1. The number of nitro groups is 1. The molecule has 1 unspecified atom stereocenters. The van der Waals surface area contributed by atoms with Crippen LogP contribution in [0.3, 0.4) is 0 Å². The number of nitrogens with one attached hydrogen (secondary N) is 1. The first kappa shape index (κ1) is 17.7. The number of ether oxygens (including phenoxy) is 1. The van der Waals surface area contributed by atoms with Gasteiger partial charge in [0.1, 0.15) is 12.3 Å². The van der Waals surface area contributed by atoms with E-state index in [2.05, 4.69) is 5.32 Å². The predicted molar refractivity (Wildman–Crippen MR) is 88.0 cm³/mol. The zero-order chi connectivity index (χ0) is 17.9. The van der Waals surface area contributed by atoms with Crippen molar-refractivity contribution in [3.8, 4) is 5.75 Å². The number of anilines is 1. The highest BCUT2D eigenvalue weighted by Gasteiger charge is 2.38. The van der Waals surface area contributed by atoms with Crippen molar-refractivity contribution in [3.05, 3.63) is 28.3 Å². The molecule has 0 saturated heterocycles. The van der Waals surface area contributed by atoms with Gasteiger partial charge in [-0.3, -0.25) is 24.6 Å². The molecular formula is C16H21N3O5. The molecule has 0 bridgehead atoms. The third kappa shape index (κ3) is 3.64. The average Bonchev–Trinajstić information content (AvgIpc) is 2.54. The number of hydrogen-bond acceptors (Lipinski definition) is 5. The maximum Gasteiger partial charge on any atom is 0.271 e. The second-order valence-electron chi connectivity index (χ2n) is 5.97. The first-order valence-corrected chi connectivity index (χ1v) is 7.88. The lowest BCUT2D eigenvalue weighted by atomic mass is 10.0. The van der Waals surface area contributed by atoms with E-state index in [-0.39, 0.29) is 35.7 Å². The second-order valence-corrected chi connectivity index (χ2v) is 5.97. The summed E-state index contributed by atoms with van der Waals surface area (Å²) in [6.07, 6.45) is 0.0531. The van der Waals surface area contributed by atoms with Gasteiger partial charge in [0, 0.05) is 18.7 Å². The number of nitro benzene ring substituents is 1. The van der Waals surface area contributed by atoms with E-state index < -0.39 is 11.0 Å². The summed E-state index contributed by atoms with van der Waals surface area (Å²) in [5, 5.41) is 13.7. The van der Waals surface area contributed by atoms with E-state index >= 15 is 0 Å². The van der Waals surface area contributed by atoms with Gasteiger partial charge in [-0.15, -0.1) is 0 Å². The van der Waals surface area contributed by atoms with E-state index in [1.165, 1.54) is 23.1 Å². The molecule has 0 radical (unpaired) electrons. The molecule has 1 heterocycles. The molecule has 0 spiro atoms. The van der Waals surface area contributed by atoms with Gasteiger partial charge in [0.2, 0.25) is 5.91 Å². The summed E-state index contributed by atoms with van der Waals surface area (Å²) in [7, 11) is 0. The molecule has 1 aliphatic rings. The Bertz CT molecular complexity index is 659. The van der Waals surface area contributed by atoms with E-state index in [4.69, 9.17) is 4.74 Å². The van der Waals surface area contributed by atoms with Crippen molar-refractivity contribution in [2.75, 3.05) is 18.0 Å². The Balaban J connectivity index is 2.38. The van der Waals surface area contributed by atoms with Crippen LogP contribution >= 0.6 is 0 Å². The number of rotatable bonds is 6. The SMILES string of the molecule is CCCNC(=O)CN1C(=O)C(C(C)C)Oc2ccc([N+](=O)[O-])cc21. The maximum atomic E-state index is 12.7. The number of amides is 2. The number of non-ortho nitro benzene ring substituents is 1. The van der Waals surface area contributed by atoms with Crippen LogP contribution in [0.15, 0.2) is 18.2 Å². The standard InChI is InChI=1S/C16H21N3O5/c1-4-7-17-14(20)9-18-12-8-11(19(22)23)5-6-13(12)24-15(10(2)3)16(18)21/h5-6,8,10,15H,4,7,9H2,1-3H3,(H,17,20). The van der Waals surface area contributed by atoms with Crippen LogP contribution in [0.2, 0.25) is 0 Å². The molecular weight excluding hydrogens is 314 g/mol. The molecule has 130 valence electrons. The Labute approximate surface area is 139 Å². The molecule has 0 fully saturated rings. The molecule has 1 N–H and O–H groups in total. The summed E-state index contributed by atoms with van der Waals surface area (Å²) in [6, 6.07) is 4.05. The molecule has 0 aliphatic carbocycles. The summed E-state index contributed by atoms with van der Waals surface area (Å²) in [4.78, 5) is 36.4. The third-order valence-corrected chi connectivity index (χ3v) is 3.69. The van der Waals surface area contributed by atoms with Crippen molar-refractivity contribution < 1.29 is 19.2 Å². The number of carbonyl (C=O) groups is 2. The predicted octanol–water partition coefficient (Wildman–Crippen LogP) is 1.87. The normalized spacial score (nSPS) is 16.6. The van der Waals surface area contributed by atoms with E-state index in [0.29, 0.717) is 12.3 Å². The highest BCUT2D eigenvalue weighted by molar-refractivity contribution is 6.04. The lowest BCUT2D eigenvalue weighted by molar-refractivity contribution is -0.384. The van der Waals surface area contributed by atoms with Crippen LogP contribution in [0.1, 0.15) is 27.2 Å². The summed E-state index contributed by atoms with van der Waals surface area (Å²) in [5.74, 6) is -0.416. The molecule has 1 aliphatic heterocycles. The molecule has 8 nitrogen and oxygen atoms in total. The van der Waals surface area contributed by atoms with Crippen LogP contribution in [-0.2, 0) is 9.59 Å². The number of nitrogens with zero attached hydrogens (tertiary/aromatic N) is 2. The molecule has 2 rings (SSSR count). The van der Waals surface area contributed by atoms with E-state index in [1.54, 1.807) is 0 Å². The van der Waals surface area contributed by atoms with Crippen LogP contribution < -0.4 is 15.0 Å². The van der Waals surface area contributed by atoms with Crippen molar-refractivity contribution in [3.63, 3.8) is 0 Å². The van der Waals surface area contributed by atoms with Crippen LogP contribution in [0.25, 0.3) is 0 Å². The van der Waals surface area contributed by atoms with Gasteiger partial charge in [-0.25, -0.2) is 0 Å². The maximum absolute atomic E-state index is 12.7. The van der Waals surface area contributed by atoms with Crippen LogP contribution in [0, 0.1) is 16.0 Å². The highest BCUT2D eigenvalue weighted by Crippen LogP contribution is 2.38. The quantitative estimate of drug-likeness (QED) is 0.631. The van der Waals surface area contributed by atoms with Gasteiger partial charge in [-0.05, 0) is 18.4 Å². The van der Waals surface area contributed by atoms with Crippen molar-refractivity contribution in [1.82, 2.24) is 5.32 Å². The minimum atomic E-state index is -0.724. The molecule has 2 amide bonds. The van der Waals surface area contributed by atoms with Crippen molar-refractivity contribution in [1.29, 1.82) is 0 Å². The molecule has 1 atom stereocenters. The van der Waals surface area contributed by atoms with E-state index in [0.717, 1.165) is 6.42 Å². The molecule has 1 aromatic rings. The topological polar surface area (TPSA) is 102 Å². The number of benzene rings is 1. The minimum absolute atomic E-state index is 0.0953. The zero-order valence-corrected chi connectivity index (χ0v) is 13.9. The Kier molecular flexibility index (Phi) is 5.38. The minimum Gasteiger partial charge on any atom is -0.478 e. The second kappa shape index (κ2) is 7.29. The van der Waals surface area contributed by atoms with Crippen LogP contribution in [-0.4, -0.2) is 35.9 Å². The lowest BCUT2D eigenvalue weighted by Gasteiger charge is -2.35. The molecule has 1 aromatic carbocycles. The van der Waals surface area contributed by atoms with Gasteiger partial charge in [0.05, 0.1) is 10.6 Å². The Morgan fingerprint density at radius 1 is 1.46 bits per heavy atom. The van der Waals surface area contributed by atoms with Crippen LogP contribution in [0.4, 0.5) is 11.4 Å². The Morgan fingerprint density at radius 3 is 2.75 bits per heavy atom. The van der Waals surface area contributed by atoms with E-state index in [1.807, 2.05) is 20.8 Å². The fourth-order valence-corrected chi connectivity index (χ4v) is 2.44. The lowest BCUT2D eigenvalue weighted by Crippen LogP contribution is -2.51. The van der Waals surface area contributed by atoms with Crippen molar-refractivity contribution in [2.45, 2.75) is 33.3 Å². The molecule has 24 heavy (non-hydrogen) atoms. The smallest absolute Gasteiger partial charge is 0.271 e. The largest absolute Gasteiger partial charge is 0.478 e. The van der Waals surface area contributed by atoms with Crippen molar-refractivity contribution in [2.24, 2.45) is 5.92 Å². The van der Waals surface area contributed by atoms with Gasteiger partial charge in [0.25, 0.3) is 11.6 Å². The van der Waals surface area contributed by atoms with Gasteiger partial charge in [0.15, 0.2) is 6.10 Å². The average molecular weight is 335 g/mol. The number of hydrogen-bond donors (Lipinski definition) is 1. The van der Waals surface area contributed by atoms with Gasteiger partial charge < -0.3 is 10.1 Å². The summed E-state index contributed by atoms with van der Waals surface area (Å²) in [6.45, 7) is 5.92. The molecule has 8 heteroatoms. The van der Waals surface area contributed by atoms with E-state index in [9.17, 15) is 19.7 Å². The summed E-state index contributed by atoms with van der Waals surface area (Å²) >= 11 is 0. The fourth-order valence-electron chi connectivity index (χ4n) is 2.44. The van der Waals surface area contributed by atoms with Gasteiger partial charge >= 0.3 is 0 Å². The first-order chi connectivity index (χ1) is 11.3. The highest BCUT2D eigenvalue weighted by atomic mass is 16.6. The zero-order valence-electron chi connectivity index (χ0n) is 13.9. The summed E-state index contributed by atoms with van der Waals surface area (Å²) < 4.78 is 5.69. The van der Waals surface area contributed by atoms with Gasteiger partial charge in [-0.2, -0.15) is 0 Å². The molecule has 0 aromatic heterocycles. The third-order valence-electron chi connectivity index (χ3n) is 3.69. The Hall–Kier alpha value is -2.64. The van der Waals surface area contributed by atoms with Gasteiger partial charge in [-0.1, -0.05) is 20.8 Å². The van der Waals surface area contributed by atoms with Crippen molar-refractivity contribution >= 4 is 23.2 Å². The summed E-state index contributed by atoms with van der Waals surface area (Å²) in [5.41, 5.74) is 0.0878. The van der Waals surface area contributed by atoms with Crippen LogP contribution in [0.5, 0.6) is 5.75 Å². The number of carbonyl (C=O) groups excluding carboxylic acids is 2. The monoisotopic (exact) mass is 335 g/mol. The fraction of sp³-hybridized carbons (Fsp3) is 0.500. The Morgan fingerprint density at radius 2 is 2.17 bits per heavy atom. The first-order valence-electron chi connectivity index (χ1n) is 7.88.